The summed E-state index contributed by atoms with van der Waals surface area (Å²) in [5.74, 6) is 0.664. The summed E-state index contributed by atoms with van der Waals surface area (Å²) in [5.41, 5.74) is 1.81. The van der Waals surface area contributed by atoms with Gasteiger partial charge in [-0.2, -0.15) is 0 Å². The van der Waals surface area contributed by atoms with Crippen LogP contribution in [0.2, 0.25) is 0 Å². The number of benzene rings is 2. The fourth-order valence-corrected chi connectivity index (χ4v) is 2.31. The second-order valence-electron chi connectivity index (χ2n) is 5.33. The summed E-state index contributed by atoms with van der Waals surface area (Å²) in [7, 11) is 5.63. The van der Waals surface area contributed by atoms with E-state index in [1.54, 1.807) is 31.4 Å². The lowest BCUT2D eigenvalue weighted by Crippen LogP contribution is -2.34. The molecule has 0 bridgehead atoms. The van der Waals surface area contributed by atoms with Gasteiger partial charge in [0, 0.05) is 12.1 Å². The third-order valence-electron chi connectivity index (χ3n) is 3.62. The van der Waals surface area contributed by atoms with Crippen LogP contribution in [0.4, 0.5) is 0 Å². The Morgan fingerprint density at radius 2 is 1.73 bits per heavy atom. The highest BCUT2D eigenvalue weighted by atomic mass is 16.5. The van der Waals surface area contributed by atoms with Crippen molar-refractivity contribution in [2.75, 3.05) is 27.7 Å². The molecule has 0 fully saturated rings. The summed E-state index contributed by atoms with van der Waals surface area (Å²) in [5, 5.41) is 2.99. The van der Waals surface area contributed by atoms with Crippen LogP contribution in [0.25, 0.3) is 0 Å². The van der Waals surface area contributed by atoms with Crippen molar-refractivity contribution < 1.29 is 9.53 Å². The maximum atomic E-state index is 12.2. The van der Waals surface area contributed by atoms with Crippen LogP contribution in [0, 0.1) is 0 Å². The Bertz CT molecular complexity index is 594. The van der Waals surface area contributed by atoms with Crippen molar-refractivity contribution in [3.05, 3.63) is 65.7 Å². The standard InChI is InChI=1S/C18H22N2O2/c1-20(2)17(14-7-5-4-6-8-14)13-19-18(21)15-9-11-16(22-3)12-10-15/h4-12,17H,13H2,1-3H3,(H,19,21). The average molecular weight is 298 g/mol. The zero-order valence-corrected chi connectivity index (χ0v) is 13.2. The molecule has 0 spiro atoms. The Morgan fingerprint density at radius 3 is 2.27 bits per heavy atom. The first-order valence-electron chi connectivity index (χ1n) is 7.25. The molecule has 1 unspecified atom stereocenters. The summed E-state index contributed by atoms with van der Waals surface area (Å²) in [6.45, 7) is 0.557. The van der Waals surface area contributed by atoms with Crippen molar-refractivity contribution in [1.29, 1.82) is 0 Å². The molecule has 0 saturated carbocycles. The van der Waals surface area contributed by atoms with Crippen molar-refractivity contribution in [1.82, 2.24) is 10.2 Å². The summed E-state index contributed by atoms with van der Waals surface area (Å²) in [6.07, 6.45) is 0. The maximum absolute atomic E-state index is 12.2. The molecule has 2 aromatic carbocycles. The molecular weight excluding hydrogens is 276 g/mol. The Kier molecular flexibility index (Phi) is 5.55. The average Bonchev–Trinajstić information content (AvgIpc) is 2.55. The molecule has 0 aliphatic heterocycles. The lowest BCUT2D eigenvalue weighted by atomic mass is 10.1. The lowest BCUT2D eigenvalue weighted by molar-refractivity contribution is 0.0942. The molecule has 2 aromatic rings. The molecule has 0 radical (unpaired) electrons. The van der Waals surface area contributed by atoms with E-state index in [1.807, 2.05) is 32.3 Å². The molecule has 1 atom stereocenters. The Balaban J connectivity index is 2.01. The second-order valence-corrected chi connectivity index (χ2v) is 5.33. The SMILES string of the molecule is COc1ccc(C(=O)NCC(c2ccccc2)N(C)C)cc1. The summed E-state index contributed by atoms with van der Waals surface area (Å²) in [6, 6.07) is 17.4. The molecule has 1 N–H and O–H groups in total. The highest BCUT2D eigenvalue weighted by Gasteiger charge is 2.15. The number of methoxy groups -OCH3 is 1. The molecule has 1 amide bonds. The van der Waals surface area contributed by atoms with E-state index in [-0.39, 0.29) is 11.9 Å². The van der Waals surface area contributed by atoms with Gasteiger partial charge in [0.25, 0.3) is 5.91 Å². The van der Waals surface area contributed by atoms with Gasteiger partial charge < -0.3 is 15.0 Å². The topological polar surface area (TPSA) is 41.6 Å². The number of nitrogens with zero attached hydrogens (tertiary/aromatic N) is 1. The molecule has 0 aliphatic carbocycles. The van der Waals surface area contributed by atoms with Crippen LogP contribution < -0.4 is 10.1 Å². The summed E-state index contributed by atoms with van der Waals surface area (Å²) >= 11 is 0. The van der Waals surface area contributed by atoms with E-state index in [4.69, 9.17) is 4.74 Å². The van der Waals surface area contributed by atoms with Crippen LogP contribution in [0.5, 0.6) is 5.75 Å². The minimum Gasteiger partial charge on any atom is -0.497 e. The zero-order chi connectivity index (χ0) is 15.9. The van der Waals surface area contributed by atoms with Crippen LogP contribution in [0.3, 0.4) is 0 Å². The predicted octanol–water partition coefficient (Wildman–Crippen LogP) is 2.73. The van der Waals surface area contributed by atoms with Gasteiger partial charge >= 0.3 is 0 Å². The van der Waals surface area contributed by atoms with Crippen molar-refractivity contribution in [2.45, 2.75) is 6.04 Å². The van der Waals surface area contributed by atoms with Crippen molar-refractivity contribution in [3.63, 3.8) is 0 Å². The van der Waals surface area contributed by atoms with Gasteiger partial charge in [0.1, 0.15) is 5.75 Å². The molecule has 116 valence electrons. The van der Waals surface area contributed by atoms with Crippen molar-refractivity contribution >= 4 is 5.91 Å². The summed E-state index contributed by atoms with van der Waals surface area (Å²) in [4.78, 5) is 14.3. The normalized spacial score (nSPS) is 12.0. The van der Waals surface area contributed by atoms with Crippen molar-refractivity contribution in [2.24, 2.45) is 0 Å². The minimum atomic E-state index is -0.0783. The van der Waals surface area contributed by atoms with Crippen LogP contribution in [0.1, 0.15) is 22.0 Å². The Morgan fingerprint density at radius 1 is 1.09 bits per heavy atom. The number of likely N-dealkylation sites (N-methyl/N-ethyl adjacent to an activating group) is 1. The van der Waals surface area contributed by atoms with Gasteiger partial charge in [-0.25, -0.2) is 0 Å². The molecule has 4 nitrogen and oxygen atoms in total. The highest BCUT2D eigenvalue weighted by molar-refractivity contribution is 5.94. The number of rotatable bonds is 6. The second kappa shape index (κ2) is 7.61. The first-order valence-corrected chi connectivity index (χ1v) is 7.25. The van der Waals surface area contributed by atoms with Crippen LogP contribution in [0.15, 0.2) is 54.6 Å². The number of hydrogen-bond acceptors (Lipinski definition) is 3. The molecule has 22 heavy (non-hydrogen) atoms. The molecule has 2 rings (SSSR count). The van der Waals surface area contributed by atoms with E-state index in [0.717, 1.165) is 5.75 Å². The van der Waals surface area contributed by atoms with Gasteiger partial charge in [-0.3, -0.25) is 4.79 Å². The van der Waals surface area contributed by atoms with Gasteiger partial charge in [0.05, 0.1) is 13.2 Å². The van der Waals surface area contributed by atoms with Crippen LogP contribution in [-0.4, -0.2) is 38.6 Å². The van der Waals surface area contributed by atoms with Crippen LogP contribution in [-0.2, 0) is 0 Å². The van der Waals surface area contributed by atoms with E-state index >= 15 is 0 Å². The zero-order valence-electron chi connectivity index (χ0n) is 13.2. The molecule has 0 saturated heterocycles. The number of nitrogens with one attached hydrogen (secondary N) is 1. The van der Waals surface area contributed by atoms with E-state index in [2.05, 4.69) is 22.3 Å². The first-order chi connectivity index (χ1) is 10.6. The smallest absolute Gasteiger partial charge is 0.251 e. The molecule has 0 heterocycles. The fourth-order valence-electron chi connectivity index (χ4n) is 2.31. The van der Waals surface area contributed by atoms with E-state index in [1.165, 1.54) is 5.56 Å². The number of carbonyl (C=O) groups is 1. The predicted molar refractivity (Wildman–Crippen MR) is 88.2 cm³/mol. The number of carbonyl (C=O) groups excluding carboxylic acids is 1. The number of ether oxygens (including phenoxy) is 1. The fraction of sp³-hybridized carbons (Fsp3) is 0.278. The highest BCUT2D eigenvalue weighted by Crippen LogP contribution is 2.17. The molecule has 0 aromatic heterocycles. The monoisotopic (exact) mass is 298 g/mol. The van der Waals surface area contributed by atoms with Gasteiger partial charge in [0.15, 0.2) is 0 Å². The molecule has 4 heteroatoms. The summed E-state index contributed by atoms with van der Waals surface area (Å²) < 4.78 is 5.10. The van der Waals surface area contributed by atoms with Gasteiger partial charge in [-0.05, 0) is 43.9 Å². The Labute approximate surface area is 131 Å². The van der Waals surface area contributed by atoms with Crippen molar-refractivity contribution in [3.8, 4) is 5.75 Å². The molecular formula is C18H22N2O2. The van der Waals surface area contributed by atoms with Gasteiger partial charge in [-0.15, -0.1) is 0 Å². The van der Waals surface area contributed by atoms with Gasteiger partial charge in [-0.1, -0.05) is 30.3 Å². The largest absolute Gasteiger partial charge is 0.497 e. The number of hydrogen-bond donors (Lipinski definition) is 1. The maximum Gasteiger partial charge on any atom is 0.251 e. The first kappa shape index (κ1) is 16.0. The van der Waals surface area contributed by atoms with E-state index in [0.29, 0.717) is 12.1 Å². The molecule has 0 aliphatic rings. The quantitative estimate of drug-likeness (QED) is 0.891. The van der Waals surface area contributed by atoms with Gasteiger partial charge in [0.2, 0.25) is 0 Å². The third-order valence-corrected chi connectivity index (χ3v) is 3.62. The number of amides is 1. The van der Waals surface area contributed by atoms with Crippen LogP contribution >= 0.6 is 0 Å². The lowest BCUT2D eigenvalue weighted by Gasteiger charge is -2.25. The van der Waals surface area contributed by atoms with E-state index in [9.17, 15) is 4.79 Å². The third kappa shape index (κ3) is 4.09. The Hall–Kier alpha value is -2.33. The minimum absolute atomic E-state index is 0.0783. The van der Waals surface area contributed by atoms with E-state index < -0.39 is 0 Å².